The molecule has 0 spiro atoms. The number of halogens is 3. The maximum Gasteiger partial charge on any atom is 0.416 e. The van der Waals surface area contributed by atoms with E-state index in [0.29, 0.717) is 28.2 Å². The fourth-order valence-corrected chi connectivity index (χ4v) is 3.14. The molecule has 0 unspecified atom stereocenters. The first kappa shape index (κ1) is 18.6. The van der Waals surface area contributed by atoms with Crippen molar-refractivity contribution in [3.63, 3.8) is 0 Å². The molecule has 0 saturated carbocycles. The van der Waals surface area contributed by atoms with Gasteiger partial charge in [-0.15, -0.1) is 5.10 Å². The number of nitrogens with one attached hydrogen (secondary N) is 2. The van der Waals surface area contributed by atoms with Crippen molar-refractivity contribution >= 4 is 28.3 Å². The Labute approximate surface area is 172 Å². The summed E-state index contributed by atoms with van der Waals surface area (Å²) in [5.74, 6) is 0.922. The molecule has 2 aromatic carbocycles. The molecule has 0 aliphatic heterocycles. The van der Waals surface area contributed by atoms with E-state index in [2.05, 4.69) is 30.4 Å². The summed E-state index contributed by atoms with van der Waals surface area (Å²) in [5.41, 5.74) is 2.23. The van der Waals surface area contributed by atoms with Crippen molar-refractivity contribution in [2.75, 3.05) is 5.32 Å². The maximum absolute atomic E-state index is 12.7. The zero-order chi connectivity index (χ0) is 21.6. The van der Waals surface area contributed by atoms with Gasteiger partial charge in [0.2, 0.25) is 11.8 Å². The van der Waals surface area contributed by atoms with Crippen molar-refractivity contribution < 1.29 is 13.2 Å². The van der Waals surface area contributed by atoms with Gasteiger partial charge in [-0.05, 0) is 42.5 Å². The number of benzene rings is 2. The Hall–Kier alpha value is -4.46. The number of nitrogens with zero attached hydrogens (tertiary/aromatic N) is 6. The van der Waals surface area contributed by atoms with Crippen molar-refractivity contribution in [2.24, 2.45) is 0 Å². The molecule has 5 rings (SSSR count). The van der Waals surface area contributed by atoms with E-state index in [1.807, 2.05) is 6.07 Å². The van der Waals surface area contributed by atoms with Crippen LogP contribution in [0.5, 0.6) is 0 Å². The van der Waals surface area contributed by atoms with Crippen molar-refractivity contribution in [3.05, 3.63) is 66.1 Å². The Balaban J connectivity index is 1.50. The van der Waals surface area contributed by atoms with E-state index in [9.17, 15) is 13.2 Å². The molecule has 0 saturated heterocycles. The lowest BCUT2D eigenvalue weighted by Crippen LogP contribution is -2.04. The van der Waals surface area contributed by atoms with Crippen LogP contribution >= 0.6 is 0 Å². The summed E-state index contributed by atoms with van der Waals surface area (Å²) >= 11 is 0. The zero-order valence-corrected chi connectivity index (χ0v) is 15.5. The molecule has 0 amide bonds. The number of anilines is 2. The zero-order valence-electron chi connectivity index (χ0n) is 15.5. The third-order valence-corrected chi connectivity index (χ3v) is 4.57. The highest BCUT2D eigenvalue weighted by molar-refractivity contribution is 5.81. The molecular weight excluding hydrogens is 409 g/mol. The smallest absolute Gasteiger partial charge is 0.329 e. The fraction of sp³-hybridized carbons (Fsp3) is 0.0500. The topological polar surface area (TPSA) is 108 Å². The second kappa shape index (κ2) is 6.81. The Morgan fingerprint density at radius 1 is 1.03 bits per heavy atom. The maximum atomic E-state index is 12.7. The first-order valence-electron chi connectivity index (χ1n) is 8.97. The van der Waals surface area contributed by atoms with Gasteiger partial charge in [0.05, 0.1) is 16.6 Å². The van der Waals surface area contributed by atoms with Gasteiger partial charge < -0.3 is 10.3 Å². The van der Waals surface area contributed by atoms with E-state index in [4.69, 9.17) is 5.26 Å². The normalized spacial score (nSPS) is 11.7. The average molecular weight is 420 g/mol. The number of hydrogen-bond acceptors (Lipinski definition) is 6. The summed E-state index contributed by atoms with van der Waals surface area (Å²) in [4.78, 5) is 15.8. The Kier molecular flexibility index (Phi) is 4.07. The van der Waals surface area contributed by atoms with E-state index >= 15 is 0 Å². The number of fused-ring (bicyclic) bond motifs is 2. The SMILES string of the molecule is N#Cc1nc2ccc(-c3nccc4nc(Nc5ccc(C(F)(F)F)cc5)nn34)cc2[nH]1. The van der Waals surface area contributed by atoms with Crippen LogP contribution < -0.4 is 5.32 Å². The molecule has 0 bridgehead atoms. The summed E-state index contributed by atoms with van der Waals surface area (Å²) in [6.07, 6.45) is -2.82. The summed E-state index contributed by atoms with van der Waals surface area (Å²) in [6, 6.07) is 13.6. The van der Waals surface area contributed by atoms with Gasteiger partial charge in [-0.2, -0.15) is 27.9 Å². The number of aromatic amines is 1. The van der Waals surface area contributed by atoms with E-state index < -0.39 is 11.7 Å². The fourth-order valence-electron chi connectivity index (χ4n) is 3.14. The molecule has 11 heteroatoms. The second-order valence-electron chi connectivity index (χ2n) is 6.60. The van der Waals surface area contributed by atoms with Crippen LogP contribution in [0.15, 0.2) is 54.7 Å². The molecule has 2 N–H and O–H groups in total. The van der Waals surface area contributed by atoms with Crippen molar-refractivity contribution in [2.45, 2.75) is 6.18 Å². The molecule has 0 radical (unpaired) electrons. The number of aromatic nitrogens is 6. The van der Waals surface area contributed by atoms with Crippen molar-refractivity contribution in [1.29, 1.82) is 5.26 Å². The van der Waals surface area contributed by atoms with Gasteiger partial charge in [0.1, 0.15) is 6.07 Å². The van der Waals surface area contributed by atoms with E-state index in [0.717, 1.165) is 17.7 Å². The highest BCUT2D eigenvalue weighted by Crippen LogP contribution is 2.30. The second-order valence-corrected chi connectivity index (χ2v) is 6.60. The molecule has 3 heterocycles. The van der Waals surface area contributed by atoms with Crippen LogP contribution in [-0.2, 0) is 6.18 Å². The monoisotopic (exact) mass is 420 g/mol. The minimum atomic E-state index is -4.40. The van der Waals surface area contributed by atoms with E-state index in [1.165, 1.54) is 16.6 Å². The lowest BCUT2D eigenvalue weighted by Gasteiger charge is -2.07. The molecule has 0 aliphatic carbocycles. The van der Waals surface area contributed by atoms with Crippen LogP contribution in [0, 0.1) is 11.3 Å². The number of imidazole rings is 1. The third kappa shape index (κ3) is 3.40. The molecular formula is C20H11F3N8. The summed E-state index contributed by atoms with van der Waals surface area (Å²) in [6.45, 7) is 0. The highest BCUT2D eigenvalue weighted by atomic mass is 19.4. The minimum Gasteiger partial charge on any atom is -0.329 e. The predicted octanol–water partition coefficient (Wildman–Crippen LogP) is 4.30. The van der Waals surface area contributed by atoms with E-state index in [-0.39, 0.29) is 11.8 Å². The molecule has 0 atom stereocenters. The van der Waals surface area contributed by atoms with Gasteiger partial charge in [-0.25, -0.2) is 9.97 Å². The first-order chi connectivity index (χ1) is 14.9. The van der Waals surface area contributed by atoms with Crippen molar-refractivity contribution in [3.8, 4) is 17.5 Å². The lowest BCUT2D eigenvalue weighted by molar-refractivity contribution is -0.137. The molecule has 0 aliphatic rings. The van der Waals surface area contributed by atoms with Crippen LogP contribution in [0.2, 0.25) is 0 Å². The van der Waals surface area contributed by atoms with Gasteiger partial charge in [0.25, 0.3) is 0 Å². The van der Waals surface area contributed by atoms with Gasteiger partial charge in [0.15, 0.2) is 11.5 Å². The standard InChI is InChI=1S/C20H11F3N8/c21-20(22,23)12-2-4-13(5-3-12)26-19-29-17-7-8-25-18(31(17)30-19)11-1-6-14-15(9-11)28-16(10-24)27-14/h1-9H,(H,26,30)(H,27,28). The van der Waals surface area contributed by atoms with E-state index in [1.54, 1.807) is 30.5 Å². The van der Waals surface area contributed by atoms with Gasteiger partial charge in [-0.3, -0.25) is 0 Å². The summed E-state index contributed by atoms with van der Waals surface area (Å²) in [7, 11) is 0. The highest BCUT2D eigenvalue weighted by Gasteiger charge is 2.30. The largest absolute Gasteiger partial charge is 0.416 e. The number of nitriles is 1. The minimum absolute atomic E-state index is 0.210. The summed E-state index contributed by atoms with van der Waals surface area (Å²) in [5, 5.41) is 16.3. The number of alkyl halides is 3. The molecule has 152 valence electrons. The molecule has 31 heavy (non-hydrogen) atoms. The van der Waals surface area contributed by atoms with Gasteiger partial charge in [0, 0.05) is 23.5 Å². The molecule has 0 fully saturated rings. The predicted molar refractivity (Wildman–Crippen MR) is 105 cm³/mol. The Morgan fingerprint density at radius 3 is 2.58 bits per heavy atom. The Bertz CT molecular complexity index is 1460. The molecule has 5 aromatic rings. The van der Waals surface area contributed by atoms with Crippen LogP contribution in [0.1, 0.15) is 11.4 Å². The van der Waals surface area contributed by atoms with Gasteiger partial charge in [-0.1, -0.05) is 0 Å². The third-order valence-electron chi connectivity index (χ3n) is 4.57. The number of rotatable bonds is 3. The quantitative estimate of drug-likeness (QED) is 0.451. The first-order valence-corrected chi connectivity index (χ1v) is 8.97. The molecule has 8 nitrogen and oxygen atoms in total. The number of H-pyrrole nitrogens is 1. The molecule has 3 aromatic heterocycles. The summed E-state index contributed by atoms with van der Waals surface area (Å²) < 4.78 is 39.7. The van der Waals surface area contributed by atoms with Gasteiger partial charge >= 0.3 is 6.18 Å². The van der Waals surface area contributed by atoms with Crippen molar-refractivity contribution in [1.82, 2.24) is 29.5 Å². The lowest BCUT2D eigenvalue weighted by atomic mass is 10.2. The van der Waals surface area contributed by atoms with Crippen LogP contribution in [-0.4, -0.2) is 29.5 Å². The van der Waals surface area contributed by atoms with Crippen LogP contribution in [0.3, 0.4) is 0 Å². The van der Waals surface area contributed by atoms with Crippen LogP contribution in [0.25, 0.3) is 28.1 Å². The Morgan fingerprint density at radius 2 is 1.84 bits per heavy atom. The number of hydrogen-bond donors (Lipinski definition) is 2. The van der Waals surface area contributed by atoms with Crippen LogP contribution in [0.4, 0.5) is 24.8 Å². The average Bonchev–Trinajstić information content (AvgIpc) is 3.35.